The molecule has 3 heteroatoms. The summed E-state index contributed by atoms with van der Waals surface area (Å²) in [6.07, 6.45) is 0.840. The second-order valence-electron chi connectivity index (χ2n) is 3.98. The van der Waals surface area contributed by atoms with Crippen LogP contribution in [-0.2, 0) is 6.42 Å². The molecule has 18 heavy (non-hydrogen) atoms. The van der Waals surface area contributed by atoms with Gasteiger partial charge in [-0.05, 0) is 29.3 Å². The average Bonchev–Trinajstić information content (AvgIpc) is 2.39. The summed E-state index contributed by atoms with van der Waals surface area (Å²) in [6.45, 7) is 0. The SMILES string of the molecule is COc1ccc(Cc2cccc(Br)c2)c(OC)c1. The first kappa shape index (κ1) is 13.0. The van der Waals surface area contributed by atoms with Crippen LogP contribution in [0.3, 0.4) is 0 Å². The average molecular weight is 307 g/mol. The Kier molecular flexibility index (Phi) is 4.26. The lowest BCUT2D eigenvalue weighted by Crippen LogP contribution is -1.95. The predicted octanol–water partition coefficient (Wildman–Crippen LogP) is 4.06. The molecule has 0 radical (unpaired) electrons. The van der Waals surface area contributed by atoms with Gasteiger partial charge < -0.3 is 9.47 Å². The van der Waals surface area contributed by atoms with Crippen molar-refractivity contribution in [3.05, 3.63) is 58.1 Å². The number of methoxy groups -OCH3 is 2. The number of hydrogen-bond acceptors (Lipinski definition) is 2. The first-order valence-electron chi connectivity index (χ1n) is 5.68. The second-order valence-corrected chi connectivity index (χ2v) is 4.90. The van der Waals surface area contributed by atoms with Crippen LogP contribution >= 0.6 is 15.9 Å². The number of ether oxygens (including phenoxy) is 2. The van der Waals surface area contributed by atoms with Crippen molar-refractivity contribution in [1.29, 1.82) is 0 Å². The summed E-state index contributed by atoms with van der Waals surface area (Å²) in [7, 11) is 3.34. The van der Waals surface area contributed by atoms with Crippen LogP contribution in [-0.4, -0.2) is 14.2 Å². The van der Waals surface area contributed by atoms with Gasteiger partial charge in [-0.1, -0.05) is 34.1 Å². The van der Waals surface area contributed by atoms with Crippen molar-refractivity contribution in [3.8, 4) is 11.5 Å². The van der Waals surface area contributed by atoms with Gasteiger partial charge in [0, 0.05) is 17.0 Å². The molecule has 2 aromatic carbocycles. The Labute approximate surface area is 116 Å². The molecule has 0 amide bonds. The Morgan fingerprint density at radius 2 is 1.83 bits per heavy atom. The molecular formula is C15H15BrO2. The third kappa shape index (κ3) is 3.05. The van der Waals surface area contributed by atoms with Gasteiger partial charge in [-0.2, -0.15) is 0 Å². The van der Waals surface area contributed by atoms with E-state index in [1.54, 1.807) is 14.2 Å². The minimum Gasteiger partial charge on any atom is -0.497 e. The summed E-state index contributed by atoms with van der Waals surface area (Å²) < 4.78 is 11.7. The molecule has 0 aliphatic heterocycles. The van der Waals surface area contributed by atoms with Gasteiger partial charge >= 0.3 is 0 Å². The maximum Gasteiger partial charge on any atom is 0.126 e. The van der Waals surface area contributed by atoms with Crippen LogP contribution < -0.4 is 9.47 Å². The third-order valence-corrected chi connectivity index (χ3v) is 3.27. The van der Waals surface area contributed by atoms with E-state index < -0.39 is 0 Å². The van der Waals surface area contributed by atoms with Gasteiger partial charge in [0.15, 0.2) is 0 Å². The molecular weight excluding hydrogens is 292 g/mol. The molecule has 0 saturated carbocycles. The monoisotopic (exact) mass is 306 g/mol. The summed E-state index contributed by atoms with van der Waals surface area (Å²) in [5, 5.41) is 0. The number of benzene rings is 2. The molecule has 94 valence electrons. The van der Waals surface area contributed by atoms with Crippen LogP contribution in [0.15, 0.2) is 46.9 Å². The highest BCUT2D eigenvalue weighted by Crippen LogP contribution is 2.27. The Morgan fingerprint density at radius 3 is 2.50 bits per heavy atom. The summed E-state index contributed by atoms with van der Waals surface area (Å²) in [5.74, 6) is 1.67. The van der Waals surface area contributed by atoms with E-state index in [-0.39, 0.29) is 0 Å². The number of rotatable bonds is 4. The molecule has 0 aliphatic carbocycles. The molecule has 0 aromatic heterocycles. The molecule has 2 rings (SSSR count). The van der Waals surface area contributed by atoms with Crippen LogP contribution in [0, 0.1) is 0 Å². The predicted molar refractivity (Wildman–Crippen MR) is 76.5 cm³/mol. The summed E-state index contributed by atoms with van der Waals surface area (Å²) in [4.78, 5) is 0. The van der Waals surface area contributed by atoms with E-state index in [4.69, 9.17) is 9.47 Å². The summed E-state index contributed by atoms with van der Waals surface area (Å²) >= 11 is 3.48. The molecule has 0 aliphatic rings. The first-order chi connectivity index (χ1) is 8.72. The Bertz CT molecular complexity index is 538. The fraction of sp³-hybridized carbons (Fsp3) is 0.200. The zero-order chi connectivity index (χ0) is 13.0. The maximum absolute atomic E-state index is 5.40. The van der Waals surface area contributed by atoms with Crippen molar-refractivity contribution in [2.24, 2.45) is 0 Å². The highest BCUT2D eigenvalue weighted by molar-refractivity contribution is 9.10. The lowest BCUT2D eigenvalue weighted by molar-refractivity contribution is 0.391. The lowest BCUT2D eigenvalue weighted by atomic mass is 10.0. The van der Waals surface area contributed by atoms with Crippen molar-refractivity contribution in [2.75, 3.05) is 14.2 Å². The van der Waals surface area contributed by atoms with E-state index in [0.717, 1.165) is 28.0 Å². The van der Waals surface area contributed by atoms with Crippen LogP contribution in [0.1, 0.15) is 11.1 Å². The molecule has 2 nitrogen and oxygen atoms in total. The maximum atomic E-state index is 5.40. The van der Waals surface area contributed by atoms with Gasteiger partial charge in [-0.15, -0.1) is 0 Å². The van der Waals surface area contributed by atoms with E-state index in [1.165, 1.54) is 5.56 Å². The van der Waals surface area contributed by atoms with Gasteiger partial charge in [-0.3, -0.25) is 0 Å². The molecule has 0 heterocycles. The fourth-order valence-corrected chi connectivity index (χ4v) is 2.31. The quantitative estimate of drug-likeness (QED) is 0.848. The van der Waals surface area contributed by atoms with Crippen LogP contribution in [0.2, 0.25) is 0 Å². The van der Waals surface area contributed by atoms with Crippen molar-refractivity contribution >= 4 is 15.9 Å². The standard InChI is InChI=1S/C15H15BrO2/c1-17-14-7-6-12(15(10-14)18-2)8-11-4-3-5-13(16)9-11/h3-7,9-10H,8H2,1-2H3. The van der Waals surface area contributed by atoms with Crippen LogP contribution in [0.5, 0.6) is 11.5 Å². The summed E-state index contributed by atoms with van der Waals surface area (Å²) in [6, 6.07) is 14.2. The Hall–Kier alpha value is -1.48. The summed E-state index contributed by atoms with van der Waals surface area (Å²) in [5.41, 5.74) is 2.39. The number of halogens is 1. The fourth-order valence-electron chi connectivity index (χ4n) is 1.86. The molecule has 0 saturated heterocycles. The lowest BCUT2D eigenvalue weighted by Gasteiger charge is -2.10. The molecule has 0 spiro atoms. The van der Waals surface area contributed by atoms with Gasteiger partial charge in [0.05, 0.1) is 14.2 Å². The van der Waals surface area contributed by atoms with E-state index in [2.05, 4.69) is 28.1 Å². The van der Waals surface area contributed by atoms with E-state index in [0.29, 0.717) is 0 Å². The topological polar surface area (TPSA) is 18.5 Å². The van der Waals surface area contributed by atoms with Crippen molar-refractivity contribution in [2.45, 2.75) is 6.42 Å². The molecule has 0 atom stereocenters. The van der Waals surface area contributed by atoms with Crippen LogP contribution in [0.25, 0.3) is 0 Å². The zero-order valence-electron chi connectivity index (χ0n) is 10.4. The highest BCUT2D eigenvalue weighted by Gasteiger charge is 2.06. The second kappa shape index (κ2) is 5.91. The molecule has 0 bridgehead atoms. The smallest absolute Gasteiger partial charge is 0.126 e. The molecule has 0 N–H and O–H groups in total. The largest absolute Gasteiger partial charge is 0.497 e. The van der Waals surface area contributed by atoms with Gasteiger partial charge in [0.2, 0.25) is 0 Å². The first-order valence-corrected chi connectivity index (χ1v) is 6.47. The van der Waals surface area contributed by atoms with Crippen LogP contribution in [0.4, 0.5) is 0 Å². The highest BCUT2D eigenvalue weighted by atomic mass is 79.9. The minimum atomic E-state index is 0.810. The van der Waals surface area contributed by atoms with E-state index in [9.17, 15) is 0 Å². The Morgan fingerprint density at radius 1 is 1.00 bits per heavy atom. The Balaban J connectivity index is 2.28. The van der Waals surface area contributed by atoms with Gasteiger partial charge in [0.1, 0.15) is 11.5 Å². The minimum absolute atomic E-state index is 0.810. The van der Waals surface area contributed by atoms with Crippen molar-refractivity contribution in [1.82, 2.24) is 0 Å². The molecule has 0 unspecified atom stereocenters. The van der Waals surface area contributed by atoms with Crippen molar-refractivity contribution in [3.63, 3.8) is 0 Å². The van der Waals surface area contributed by atoms with Crippen molar-refractivity contribution < 1.29 is 9.47 Å². The third-order valence-electron chi connectivity index (χ3n) is 2.78. The van der Waals surface area contributed by atoms with E-state index in [1.807, 2.05) is 30.3 Å². The normalized spacial score (nSPS) is 10.2. The van der Waals surface area contributed by atoms with Gasteiger partial charge in [-0.25, -0.2) is 0 Å². The molecule has 0 fully saturated rings. The molecule has 2 aromatic rings. The van der Waals surface area contributed by atoms with E-state index >= 15 is 0 Å². The van der Waals surface area contributed by atoms with Gasteiger partial charge in [0.25, 0.3) is 0 Å². The number of hydrogen-bond donors (Lipinski definition) is 0. The zero-order valence-corrected chi connectivity index (χ0v) is 12.0.